The minimum Gasteiger partial charge on any atom is -0.341 e. The lowest BCUT2D eigenvalue weighted by Crippen LogP contribution is -2.48. The van der Waals surface area contributed by atoms with E-state index in [9.17, 15) is 4.79 Å². The van der Waals surface area contributed by atoms with Gasteiger partial charge in [0.05, 0.1) is 6.04 Å². The molecule has 88 valence electrons. The van der Waals surface area contributed by atoms with Crippen molar-refractivity contribution in [1.82, 2.24) is 4.90 Å². The maximum Gasteiger partial charge on any atom is 0.239 e. The minimum atomic E-state index is -0.295. The van der Waals surface area contributed by atoms with Crippen LogP contribution in [0.3, 0.4) is 0 Å². The second-order valence-electron chi connectivity index (χ2n) is 5.00. The summed E-state index contributed by atoms with van der Waals surface area (Å²) in [6, 6.07) is -0.295. The highest BCUT2D eigenvalue weighted by Gasteiger charge is 2.31. The van der Waals surface area contributed by atoms with Gasteiger partial charge in [0.15, 0.2) is 0 Å². The lowest BCUT2D eigenvalue weighted by molar-refractivity contribution is -0.134. The van der Waals surface area contributed by atoms with Crippen molar-refractivity contribution in [2.45, 2.75) is 52.5 Å². The normalized spacial score (nSPS) is 22.5. The van der Waals surface area contributed by atoms with Gasteiger partial charge in [0.25, 0.3) is 0 Å². The van der Waals surface area contributed by atoms with Gasteiger partial charge in [-0.1, -0.05) is 27.2 Å². The molecule has 0 aromatic carbocycles. The van der Waals surface area contributed by atoms with Gasteiger partial charge >= 0.3 is 0 Å². The summed E-state index contributed by atoms with van der Waals surface area (Å²) in [5.41, 5.74) is 6.19. The maximum absolute atomic E-state index is 11.8. The lowest BCUT2D eigenvalue weighted by atomic mass is 9.78. The van der Waals surface area contributed by atoms with Crippen LogP contribution >= 0.6 is 0 Å². The number of carbonyl (C=O) groups excluding carboxylic acids is 1. The molecule has 1 aliphatic heterocycles. The van der Waals surface area contributed by atoms with Crippen LogP contribution in [0.1, 0.15) is 46.5 Å². The zero-order valence-corrected chi connectivity index (χ0v) is 10.3. The molecule has 1 heterocycles. The second-order valence-corrected chi connectivity index (χ2v) is 5.00. The van der Waals surface area contributed by atoms with E-state index in [2.05, 4.69) is 13.8 Å². The van der Waals surface area contributed by atoms with Crippen LogP contribution in [-0.4, -0.2) is 29.9 Å². The number of carbonyl (C=O) groups is 1. The monoisotopic (exact) mass is 212 g/mol. The zero-order valence-electron chi connectivity index (χ0n) is 10.3. The Kier molecular flexibility index (Phi) is 4.14. The molecule has 0 bridgehead atoms. The summed E-state index contributed by atoms with van der Waals surface area (Å²) in [7, 11) is 0. The third kappa shape index (κ3) is 2.94. The Hall–Kier alpha value is -0.570. The first-order chi connectivity index (χ1) is 7.02. The van der Waals surface area contributed by atoms with E-state index in [4.69, 9.17) is 5.73 Å². The first-order valence-corrected chi connectivity index (χ1v) is 6.07. The molecule has 0 radical (unpaired) electrons. The average Bonchev–Trinajstić information content (AvgIpc) is 2.28. The molecule has 0 aromatic heterocycles. The first kappa shape index (κ1) is 12.5. The van der Waals surface area contributed by atoms with Crippen molar-refractivity contribution in [3.05, 3.63) is 0 Å². The van der Waals surface area contributed by atoms with Crippen LogP contribution in [0.4, 0.5) is 0 Å². The molecule has 0 unspecified atom stereocenters. The Labute approximate surface area is 93.0 Å². The van der Waals surface area contributed by atoms with Gasteiger partial charge in [-0.15, -0.1) is 0 Å². The summed E-state index contributed by atoms with van der Waals surface area (Å²) in [5, 5.41) is 0. The van der Waals surface area contributed by atoms with E-state index in [1.54, 1.807) is 0 Å². The SMILES string of the molecule is CC[C@@H](N)C(=O)N1CCC(C)(CC)CC1. The highest BCUT2D eigenvalue weighted by molar-refractivity contribution is 5.81. The van der Waals surface area contributed by atoms with Crippen LogP contribution in [-0.2, 0) is 4.79 Å². The summed E-state index contributed by atoms with van der Waals surface area (Å²) >= 11 is 0. The van der Waals surface area contributed by atoms with Crippen LogP contribution in [0, 0.1) is 5.41 Å². The fourth-order valence-corrected chi connectivity index (χ4v) is 2.03. The van der Waals surface area contributed by atoms with Gasteiger partial charge in [-0.3, -0.25) is 4.79 Å². The number of nitrogens with zero attached hydrogens (tertiary/aromatic N) is 1. The first-order valence-electron chi connectivity index (χ1n) is 6.07. The molecular formula is C12H24N2O. The van der Waals surface area contributed by atoms with Crippen LogP contribution in [0.5, 0.6) is 0 Å². The van der Waals surface area contributed by atoms with Crippen LogP contribution in [0.25, 0.3) is 0 Å². The molecule has 1 aliphatic rings. The van der Waals surface area contributed by atoms with Crippen LogP contribution in [0.2, 0.25) is 0 Å². The number of hydrogen-bond donors (Lipinski definition) is 1. The Bertz CT molecular complexity index is 220. The van der Waals surface area contributed by atoms with Crippen molar-refractivity contribution < 1.29 is 4.79 Å². The molecule has 3 heteroatoms. The summed E-state index contributed by atoms with van der Waals surface area (Å²) in [6.45, 7) is 8.28. The van der Waals surface area contributed by atoms with Crippen molar-refractivity contribution in [3.8, 4) is 0 Å². The third-order valence-electron chi connectivity index (χ3n) is 3.89. The summed E-state index contributed by atoms with van der Waals surface area (Å²) < 4.78 is 0. The van der Waals surface area contributed by atoms with Gasteiger partial charge < -0.3 is 10.6 Å². The lowest BCUT2D eigenvalue weighted by Gasteiger charge is -2.39. The van der Waals surface area contributed by atoms with Crippen molar-refractivity contribution >= 4 is 5.91 Å². The fraction of sp³-hybridized carbons (Fsp3) is 0.917. The van der Waals surface area contributed by atoms with E-state index < -0.39 is 0 Å². The van der Waals surface area contributed by atoms with Crippen molar-refractivity contribution in [2.24, 2.45) is 11.1 Å². The van der Waals surface area contributed by atoms with Crippen molar-refractivity contribution in [1.29, 1.82) is 0 Å². The smallest absolute Gasteiger partial charge is 0.239 e. The largest absolute Gasteiger partial charge is 0.341 e. The van der Waals surface area contributed by atoms with Gasteiger partial charge in [-0.2, -0.15) is 0 Å². The predicted molar refractivity (Wildman–Crippen MR) is 62.5 cm³/mol. The van der Waals surface area contributed by atoms with E-state index in [1.807, 2.05) is 11.8 Å². The molecule has 2 N–H and O–H groups in total. The van der Waals surface area contributed by atoms with Gasteiger partial charge in [-0.05, 0) is 24.7 Å². The summed E-state index contributed by atoms with van der Waals surface area (Å²) in [4.78, 5) is 13.8. The molecule has 0 saturated carbocycles. The van der Waals surface area contributed by atoms with Gasteiger partial charge in [0.1, 0.15) is 0 Å². The number of likely N-dealkylation sites (tertiary alicyclic amines) is 1. The fourth-order valence-electron chi connectivity index (χ4n) is 2.03. The second kappa shape index (κ2) is 4.97. The van der Waals surface area contributed by atoms with E-state index >= 15 is 0 Å². The zero-order chi connectivity index (χ0) is 11.5. The van der Waals surface area contributed by atoms with Gasteiger partial charge in [0, 0.05) is 13.1 Å². The standard InChI is InChI=1S/C12H24N2O/c1-4-10(13)11(15)14-8-6-12(3,5-2)7-9-14/h10H,4-9,13H2,1-3H3/t10-/m1/s1. The highest BCUT2D eigenvalue weighted by Crippen LogP contribution is 2.33. The molecule has 1 fully saturated rings. The maximum atomic E-state index is 11.8. The molecule has 0 spiro atoms. The molecule has 1 amide bonds. The Morgan fingerprint density at radius 1 is 1.40 bits per heavy atom. The van der Waals surface area contributed by atoms with E-state index in [0.29, 0.717) is 5.41 Å². The molecule has 1 rings (SSSR count). The number of piperidine rings is 1. The molecule has 15 heavy (non-hydrogen) atoms. The average molecular weight is 212 g/mol. The highest BCUT2D eigenvalue weighted by atomic mass is 16.2. The quantitative estimate of drug-likeness (QED) is 0.775. The third-order valence-corrected chi connectivity index (χ3v) is 3.89. The van der Waals surface area contributed by atoms with Gasteiger partial charge in [0.2, 0.25) is 5.91 Å². The number of hydrogen-bond acceptors (Lipinski definition) is 2. The Morgan fingerprint density at radius 3 is 2.33 bits per heavy atom. The Morgan fingerprint density at radius 2 is 1.93 bits per heavy atom. The van der Waals surface area contributed by atoms with Crippen molar-refractivity contribution in [3.63, 3.8) is 0 Å². The summed E-state index contributed by atoms with van der Waals surface area (Å²) in [5.74, 6) is 0.135. The molecule has 3 nitrogen and oxygen atoms in total. The Balaban J connectivity index is 2.47. The van der Waals surface area contributed by atoms with E-state index in [0.717, 1.165) is 32.4 Å². The van der Waals surface area contributed by atoms with E-state index in [-0.39, 0.29) is 11.9 Å². The van der Waals surface area contributed by atoms with Crippen LogP contribution in [0.15, 0.2) is 0 Å². The number of rotatable bonds is 3. The molecule has 0 aliphatic carbocycles. The topological polar surface area (TPSA) is 46.3 Å². The number of amides is 1. The molecule has 1 atom stereocenters. The molecule has 1 saturated heterocycles. The molecular weight excluding hydrogens is 188 g/mol. The molecule has 0 aromatic rings. The number of nitrogens with two attached hydrogens (primary N) is 1. The summed E-state index contributed by atoms with van der Waals surface area (Å²) in [6.07, 6.45) is 4.17. The predicted octanol–water partition coefficient (Wildman–Crippen LogP) is 1.76. The van der Waals surface area contributed by atoms with Crippen LogP contribution < -0.4 is 5.73 Å². The van der Waals surface area contributed by atoms with E-state index in [1.165, 1.54) is 6.42 Å². The van der Waals surface area contributed by atoms with Gasteiger partial charge in [-0.25, -0.2) is 0 Å². The van der Waals surface area contributed by atoms with Crippen molar-refractivity contribution in [2.75, 3.05) is 13.1 Å². The minimum absolute atomic E-state index is 0.135.